The second kappa shape index (κ2) is 8.41. The van der Waals surface area contributed by atoms with Gasteiger partial charge in [-0.05, 0) is 49.9 Å². The number of halogens is 1. The molecule has 3 heteroatoms. The second-order valence-electron chi connectivity index (χ2n) is 7.13. The molecule has 0 radical (unpaired) electrons. The molecule has 0 aliphatic heterocycles. The van der Waals surface area contributed by atoms with Gasteiger partial charge >= 0.3 is 0 Å². The third-order valence-corrected chi connectivity index (χ3v) is 4.71. The number of hydrogen-bond acceptors (Lipinski definition) is 2. The Kier molecular flexibility index (Phi) is 6.51. The molecule has 0 fully saturated rings. The minimum Gasteiger partial charge on any atom is -0.385 e. The number of rotatable bonds is 7. The molecule has 134 valence electrons. The van der Waals surface area contributed by atoms with Crippen LogP contribution in [0.15, 0.2) is 60.2 Å². The van der Waals surface area contributed by atoms with Crippen LogP contribution in [-0.2, 0) is 6.42 Å². The number of benzene rings is 2. The Morgan fingerprint density at radius 2 is 1.72 bits per heavy atom. The first kappa shape index (κ1) is 19.4. The molecule has 0 aliphatic rings. The van der Waals surface area contributed by atoms with Gasteiger partial charge in [0.2, 0.25) is 0 Å². The smallest absolute Gasteiger partial charge is 0.123 e. The van der Waals surface area contributed by atoms with Gasteiger partial charge in [0, 0.05) is 18.9 Å². The lowest BCUT2D eigenvalue weighted by molar-refractivity contribution is 0.0150. The third kappa shape index (κ3) is 5.25. The molecular weight excluding hydrogens is 313 g/mol. The Hall–Kier alpha value is -1.97. The van der Waals surface area contributed by atoms with E-state index in [1.54, 1.807) is 12.1 Å². The van der Waals surface area contributed by atoms with Gasteiger partial charge in [0.05, 0.1) is 5.60 Å². The highest BCUT2D eigenvalue weighted by molar-refractivity contribution is 5.55. The van der Waals surface area contributed by atoms with E-state index in [1.165, 1.54) is 12.1 Å². The highest BCUT2D eigenvalue weighted by Crippen LogP contribution is 2.32. The fourth-order valence-electron chi connectivity index (χ4n) is 3.24. The van der Waals surface area contributed by atoms with Gasteiger partial charge in [0.1, 0.15) is 5.82 Å². The van der Waals surface area contributed by atoms with Gasteiger partial charge in [-0.2, -0.15) is 0 Å². The maximum absolute atomic E-state index is 13.1. The molecule has 0 spiro atoms. The van der Waals surface area contributed by atoms with Gasteiger partial charge in [-0.1, -0.05) is 55.5 Å². The van der Waals surface area contributed by atoms with Crippen LogP contribution in [0.3, 0.4) is 0 Å². The van der Waals surface area contributed by atoms with Crippen molar-refractivity contribution in [2.24, 2.45) is 5.92 Å². The zero-order valence-electron chi connectivity index (χ0n) is 15.5. The molecule has 1 N–H and O–H groups in total. The molecule has 0 saturated carbocycles. The second-order valence-corrected chi connectivity index (χ2v) is 7.13. The zero-order chi connectivity index (χ0) is 18.4. The maximum atomic E-state index is 13.1. The van der Waals surface area contributed by atoms with Crippen LogP contribution < -0.4 is 0 Å². The molecule has 0 bridgehead atoms. The first-order chi connectivity index (χ1) is 11.8. The largest absolute Gasteiger partial charge is 0.385 e. The first-order valence-electron chi connectivity index (χ1n) is 8.66. The van der Waals surface area contributed by atoms with Gasteiger partial charge in [0.25, 0.3) is 0 Å². The highest BCUT2D eigenvalue weighted by atomic mass is 19.1. The summed E-state index contributed by atoms with van der Waals surface area (Å²) >= 11 is 0. The minimum absolute atomic E-state index is 0.0411. The van der Waals surface area contributed by atoms with Crippen molar-refractivity contribution in [2.45, 2.75) is 25.9 Å². The summed E-state index contributed by atoms with van der Waals surface area (Å²) in [5.41, 5.74) is 1.90. The Morgan fingerprint density at radius 3 is 2.28 bits per heavy atom. The quantitative estimate of drug-likeness (QED) is 0.807. The molecule has 25 heavy (non-hydrogen) atoms. The monoisotopic (exact) mass is 341 g/mol. The van der Waals surface area contributed by atoms with E-state index in [0.717, 1.165) is 23.2 Å². The number of hydrogen-bond donors (Lipinski definition) is 1. The molecule has 2 aromatic carbocycles. The van der Waals surface area contributed by atoms with Crippen molar-refractivity contribution in [1.82, 2.24) is 4.90 Å². The van der Waals surface area contributed by atoms with Crippen molar-refractivity contribution < 1.29 is 9.50 Å². The summed E-state index contributed by atoms with van der Waals surface area (Å²) in [7, 11) is 4.02. The fraction of sp³-hybridized carbons (Fsp3) is 0.364. The van der Waals surface area contributed by atoms with Crippen LogP contribution in [0.5, 0.6) is 0 Å². The third-order valence-electron chi connectivity index (χ3n) is 4.71. The standard InChI is InChI=1S/C22H28FNO/c1-17(14-19-10-12-21(23)13-11-19)22(25,18(2)16-24(3)4)15-20-8-6-5-7-9-20/h5-14,18,25H,15-16H2,1-4H3. The SMILES string of the molecule is CC(=Cc1ccc(F)cc1)C(O)(Cc1ccccc1)C(C)CN(C)C. The summed E-state index contributed by atoms with van der Waals surface area (Å²) in [6, 6.07) is 16.4. The lowest BCUT2D eigenvalue weighted by Crippen LogP contribution is -2.44. The van der Waals surface area contributed by atoms with E-state index in [9.17, 15) is 9.50 Å². The molecule has 2 unspecified atom stereocenters. The Labute approximate surface area is 150 Å². The van der Waals surface area contributed by atoms with Crippen molar-refractivity contribution in [3.8, 4) is 0 Å². The lowest BCUT2D eigenvalue weighted by Gasteiger charge is -2.37. The molecule has 2 atom stereocenters. The van der Waals surface area contributed by atoms with Gasteiger partial charge in [-0.25, -0.2) is 4.39 Å². The van der Waals surface area contributed by atoms with Crippen LogP contribution in [0.2, 0.25) is 0 Å². The van der Waals surface area contributed by atoms with E-state index >= 15 is 0 Å². The molecule has 0 aromatic heterocycles. The van der Waals surface area contributed by atoms with E-state index in [-0.39, 0.29) is 11.7 Å². The maximum Gasteiger partial charge on any atom is 0.123 e. The summed E-state index contributed by atoms with van der Waals surface area (Å²) in [5, 5.41) is 11.6. The number of nitrogens with zero attached hydrogens (tertiary/aromatic N) is 1. The Balaban J connectivity index is 2.36. The predicted octanol–water partition coefficient (Wildman–Crippen LogP) is 4.40. The van der Waals surface area contributed by atoms with Crippen LogP contribution in [-0.4, -0.2) is 36.2 Å². The Morgan fingerprint density at radius 1 is 1.12 bits per heavy atom. The minimum atomic E-state index is -0.972. The van der Waals surface area contributed by atoms with Gasteiger partial charge in [-0.15, -0.1) is 0 Å². The highest BCUT2D eigenvalue weighted by Gasteiger charge is 2.36. The molecule has 2 aromatic rings. The average molecular weight is 341 g/mol. The van der Waals surface area contributed by atoms with Crippen molar-refractivity contribution in [3.63, 3.8) is 0 Å². The average Bonchev–Trinajstić information content (AvgIpc) is 2.57. The van der Waals surface area contributed by atoms with E-state index in [4.69, 9.17) is 0 Å². The molecule has 0 aliphatic carbocycles. The predicted molar refractivity (Wildman–Crippen MR) is 103 cm³/mol. The lowest BCUT2D eigenvalue weighted by atomic mass is 9.77. The molecular formula is C22H28FNO. The van der Waals surface area contributed by atoms with Crippen molar-refractivity contribution in [2.75, 3.05) is 20.6 Å². The van der Waals surface area contributed by atoms with Crippen molar-refractivity contribution in [1.29, 1.82) is 0 Å². The van der Waals surface area contributed by atoms with Crippen LogP contribution in [0.1, 0.15) is 25.0 Å². The van der Waals surface area contributed by atoms with Gasteiger partial charge < -0.3 is 10.0 Å². The summed E-state index contributed by atoms with van der Waals surface area (Å²) in [6.45, 7) is 4.81. The van der Waals surface area contributed by atoms with E-state index in [2.05, 4.69) is 11.8 Å². The summed E-state index contributed by atoms with van der Waals surface area (Å²) < 4.78 is 13.1. The van der Waals surface area contributed by atoms with Crippen molar-refractivity contribution in [3.05, 3.63) is 77.1 Å². The van der Waals surface area contributed by atoms with E-state index in [0.29, 0.717) is 6.42 Å². The Bertz CT molecular complexity index is 694. The van der Waals surface area contributed by atoms with Crippen LogP contribution in [0.25, 0.3) is 6.08 Å². The van der Waals surface area contributed by atoms with Crippen LogP contribution in [0.4, 0.5) is 4.39 Å². The summed E-state index contributed by atoms with van der Waals surface area (Å²) in [4.78, 5) is 2.09. The van der Waals surface area contributed by atoms with E-state index < -0.39 is 5.60 Å². The van der Waals surface area contributed by atoms with Crippen molar-refractivity contribution >= 4 is 6.08 Å². The van der Waals surface area contributed by atoms with E-state index in [1.807, 2.05) is 57.4 Å². The summed E-state index contributed by atoms with van der Waals surface area (Å²) in [5.74, 6) is -0.213. The molecule has 2 nitrogen and oxygen atoms in total. The van der Waals surface area contributed by atoms with Crippen LogP contribution >= 0.6 is 0 Å². The zero-order valence-corrected chi connectivity index (χ0v) is 15.5. The fourth-order valence-corrected chi connectivity index (χ4v) is 3.24. The normalized spacial score (nSPS) is 15.9. The molecule has 2 rings (SSSR count). The molecule has 0 amide bonds. The topological polar surface area (TPSA) is 23.5 Å². The first-order valence-corrected chi connectivity index (χ1v) is 8.66. The van der Waals surface area contributed by atoms with Gasteiger partial charge in [0.15, 0.2) is 0 Å². The molecule has 0 heterocycles. The number of aliphatic hydroxyl groups is 1. The summed E-state index contributed by atoms with van der Waals surface area (Å²) in [6.07, 6.45) is 2.50. The van der Waals surface area contributed by atoms with Gasteiger partial charge in [-0.3, -0.25) is 0 Å². The molecule has 0 saturated heterocycles. The van der Waals surface area contributed by atoms with Crippen LogP contribution in [0, 0.1) is 11.7 Å².